The van der Waals surface area contributed by atoms with Crippen LogP contribution >= 0.6 is 0 Å². The molecule has 1 aromatic rings. The van der Waals surface area contributed by atoms with Crippen LogP contribution in [0.1, 0.15) is 39.3 Å². The molecule has 1 unspecified atom stereocenters. The zero-order chi connectivity index (χ0) is 10.1. The molecule has 3 nitrogen and oxygen atoms in total. The molecule has 0 bridgehead atoms. The number of nitrogens with zero attached hydrogens (tertiary/aromatic N) is 2. The summed E-state index contributed by atoms with van der Waals surface area (Å²) in [5.74, 6) is 0.377. The van der Waals surface area contributed by atoms with E-state index in [4.69, 9.17) is 5.73 Å². The van der Waals surface area contributed by atoms with Crippen molar-refractivity contribution in [3.8, 4) is 0 Å². The highest BCUT2D eigenvalue weighted by Crippen LogP contribution is 2.20. The van der Waals surface area contributed by atoms with Gasteiger partial charge in [0, 0.05) is 24.4 Å². The lowest BCUT2D eigenvalue weighted by atomic mass is 10.0. The first-order valence-electron chi connectivity index (χ1n) is 4.71. The predicted octanol–water partition coefficient (Wildman–Crippen LogP) is 1.70. The molecular weight excluding hydrogens is 162 g/mol. The van der Waals surface area contributed by atoms with Gasteiger partial charge < -0.3 is 5.73 Å². The lowest BCUT2D eigenvalue weighted by molar-refractivity contribution is 0.337. The summed E-state index contributed by atoms with van der Waals surface area (Å²) in [5, 5.41) is 4.32. The van der Waals surface area contributed by atoms with Crippen LogP contribution < -0.4 is 5.73 Å². The first-order chi connectivity index (χ1) is 5.96. The average molecular weight is 181 g/mol. The monoisotopic (exact) mass is 181 g/mol. The van der Waals surface area contributed by atoms with Crippen molar-refractivity contribution in [2.45, 2.75) is 39.2 Å². The molecule has 0 fully saturated rings. The Labute approximate surface area is 79.9 Å². The molecule has 0 radical (unpaired) electrons. The number of hydrogen-bond acceptors (Lipinski definition) is 2. The minimum absolute atomic E-state index is 0.0439. The van der Waals surface area contributed by atoms with E-state index in [2.05, 4.69) is 32.8 Å². The number of aromatic nitrogens is 2. The summed E-state index contributed by atoms with van der Waals surface area (Å²) in [6, 6.07) is 2.04. The van der Waals surface area contributed by atoms with Crippen LogP contribution in [0.5, 0.6) is 0 Å². The maximum Gasteiger partial charge on any atom is 0.0546 e. The van der Waals surface area contributed by atoms with Crippen molar-refractivity contribution in [2.24, 2.45) is 5.73 Å². The molecule has 0 aliphatic carbocycles. The summed E-state index contributed by atoms with van der Waals surface area (Å²) in [6.07, 6.45) is 1.84. The molecule has 0 aliphatic rings. The fourth-order valence-electron chi connectivity index (χ4n) is 1.37. The van der Waals surface area contributed by atoms with E-state index < -0.39 is 0 Å². The number of hydrogen-bond donors (Lipinski definition) is 1. The normalized spacial score (nSPS) is 14.5. The molecule has 2 N–H and O–H groups in total. The Morgan fingerprint density at radius 1 is 1.54 bits per heavy atom. The van der Waals surface area contributed by atoms with Crippen LogP contribution in [0.25, 0.3) is 0 Å². The van der Waals surface area contributed by atoms with Crippen molar-refractivity contribution in [3.63, 3.8) is 0 Å². The zero-order valence-electron chi connectivity index (χ0n) is 8.91. The quantitative estimate of drug-likeness (QED) is 0.754. The Morgan fingerprint density at radius 2 is 2.15 bits per heavy atom. The van der Waals surface area contributed by atoms with Crippen LogP contribution in [-0.4, -0.2) is 16.3 Å². The van der Waals surface area contributed by atoms with Crippen LogP contribution in [0, 0.1) is 0 Å². The minimum atomic E-state index is 0.0439. The van der Waals surface area contributed by atoms with Gasteiger partial charge in [-0.2, -0.15) is 5.10 Å². The molecule has 13 heavy (non-hydrogen) atoms. The van der Waals surface area contributed by atoms with E-state index in [0.717, 1.165) is 0 Å². The highest BCUT2D eigenvalue weighted by molar-refractivity contribution is 5.09. The SMILES string of the molecule is CC(CN)c1ccnn1C(C)(C)C. The maximum atomic E-state index is 5.63. The van der Waals surface area contributed by atoms with Crippen molar-refractivity contribution >= 4 is 0 Å². The molecule has 1 atom stereocenters. The smallest absolute Gasteiger partial charge is 0.0546 e. The highest BCUT2D eigenvalue weighted by Gasteiger charge is 2.19. The van der Waals surface area contributed by atoms with Crippen LogP contribution in [0.4, 0.5) is 0 Å². The first kappa shape index (κ1) is 10.3. The Hall–Kier alpha value is -0.830. The van der Waals surface area contributed by atoms with Gasteiger partial charge in [0.15, 0.2) is 0 Å². The highest BCUT2D eigenvalue weighted by atomic mass is 15.3. The van der Waals surface area contributed by atoms with E-state index in [1.54, 1.807) is 0 Å². The molecule has 3 heteroatoms. The molecule has 0 aliphatic heterocycles. The standard InChI is InChI=1S/C10H19N3/c1-8(7-11)9-5-6-12-13(9)10(2,3)4/h5-6,8H,7,11H2,1-4H3. The third kappa shape index (κ3) is 2.10. The summed E-state index contributed by atoms with van der Waals surface area (Å²) in [6.45, 7) is 9.23. The summed E-state index contributed by atoms with van der Waals surface area (Å²) >= 11 is 0. The maximum absolute atomic E-state index is 5.63. The Kier molecular flexibility index (Phi) is 2.76. The van der Waals surface area contributed by atoms with Gasteiger partial charge in [0.05, 0.1) is 5.54 Å². The second-order valence-corrected chi connectivity index (χ2v) is 4.48. The van der Waals surface area contributed by atoms with Crippen molar-refractivity contribution < 1.29 is 0 Å². The average Bonchev–Trinajstić information content (AvgIpc) is 2.49. The minimum Gasteiger partial charge on any atom is -0.330 e. The van der Waals surface area contributed by atoms with Crippen molar-refractivity contribution in [3.05, 3.63) is 18.0 Å². The summed E-state index contributed by atoms with van der Waals surface area (Å²) in [7, 11) is 0. The van der Waals surface area contributed by atoms with Gasteiger partial charge in [-0.05, 0) is 26.8 Å². The van der Waals surface area contributed by atoms with E-state index in [1.165, 1.54) is 5.69 Å². The fourth-order valence-corrected chi connectivity index (χ4v) is 1.37. The molecule has 1 heterocycles. The number of nitrogens with two attached hydrogens (primary N) is 1. The number of rotatable bonds is 2. The van der Waals surface area contributed by atoms with E-state index in [9.17, 15) is 0 Å². The largest absolute Gasteiger partial charge is 0.330 e. The lowest BCUT2D eigenvalue weighted by Gasteiger charge is -2.24. The second-order valence-electron chi connectivity index (χ2n) is 4.48. The molecule has 1 aromatic heterocycles. The zero-order valence-corrected chi connectivity index (χ0v) is 8.91. The lowest BCUT2D eigenvalue weighted by Crippen LogP contribution is -2.27. The molecule has 0 saturated heterocycles. The van der Waals surface area contributed by atoms with E-state index in [-0.39, 0.29) is 5.54 Å². The topological polar surface area (TPSA) is 43.8 Å². The molecule has 0 amide bonds. The van der Waals surface area contributed by atoms with Crippen molar-refractivity contribution in [1.82, 2.24) is 9.78 Å². The second kappa shape index (κ2) is 3.50. The third-order valence-corrected chi connectivity index (χ3v) is 2.17. The molecule has 0 aromatic carbocycles. The van der Waals surface area contributed by atoms with E-state index in [1.807, 2.05) is 16.9 Å². The summed E-state index contributed by atoms with van der Waals surface area (Å²) < 4.78 is 2.05. The van der Waals surface area contributed by atoms with Crippen LogP contribution in [0.15, 0.2) is 12.3 Å². The van der Waals surface area contributed by atoms with Crippen LogP contribution in [-0.2, 0) is 5.54 Å². The van der Waals surface area contributed by atoms with Gasteiger partial charge >= 0.3 is 0 Å². The molecule has 1 rings (SSSR count). The molecule has 74 valence electrons. The Balaban J connectivity index is 3.03. The molecule has 0 saturated carbocycles. The predicted molar refractivity (Wildman–Crippen MR) is 54.7 cm³/mol. The summed E-state index contributed by atoms with van der Waals surface area (Å²) in [4.78, 5) is 0. The van der Waals surface area contributed by atoms with Gasteiger partial charge in [-0.3, -0.25) is 4.68 Å². The van der Waals surface area contributed by atoms with Crippen LogP contribution in [0.2, 0.25) is 0 Å². The van der Waals surface area contributed by atoms with Gasteiger partial charge in [-0.25, -0.2) is 0 Å². The summed E-state index contributed by atoms with van der Waals surface area (Å²) in [5.41, 5.74) is 6.90. The van der Waals surface area contributed by atoms with E-state index in [0.29, 0.717) is 12.5 Å². The molecule has 0 spiro atoms. The van der Waals surface area contributed by atoms with E-state index >= 15 is 0 Å². The van der Waals surface area contributed by atoms with Gasteiger partial charge in [-0.15, -0.1) is 0 Å². The Morgan fingerprint density at radius 3 is 2.62 bits per heavy atom. The fraction of sp³-hybridized carbons (Fsp3) is 0.700. The van der Waals surface area contributed by atoms with Crippen molar-refractivity contribution in [1.29, 1.82) is 0 Å². The van der Waals surface area contributed by atoms with Gasteiger partial charge in [0.2, 0.25) is 0 Å². The van der Waals surface area contributed by atoms with Crippen molar-refractivity contribution in [2.75, 3.05) is 6.54 Å². The van der Waals surface area contributed by atoms with Gasteiger partial charge in [0.1, 0.15) is 0 Å². The van der Waals surface area contributed by atoms with Crippen LogP contribution in [0.3, 0.4) is 0 Å². The molecular formula is C10H19N3. The third-order valence-electron chi connectivity index (χ3n) is 2.17. The first-order valence-corrected chi connectivity index (χ1v) is 4.71. The van der Waals surface area contributed by atoms with Gasteiger partial charge in [0.25, 0.3) is 0 Å². The van der Waals surface area contributed by atoms with Gasteiger partial charge in [-0.1, -0.05) is 6.92 Å². The Bertz CT molecular complexity index is 270.